The number of hydrogen-bond donors (Lipinski definition) is 2. The summed E-state index contributed by atoms with van der Waals surface area (Å²) in [6.45, 7) is 6.78. The van der Waals surface area contributed by atoms with Crippen molar-refractivity contribution in [3.63, 3.8) is 0 Å². The SMILES string of the molecule is COC(C)C(O)(C(=O)OCC1=CCN2CC(O)CC12)C(C)C. The van der Waals surface area contributed by atoms with Crippen LogP contribution in [0, 0.1) is 5.92 Å². The quantitative estimate of drug-likeness (QED) is 0.543. The third-order valence-electron chi connectivity index (χ3n) is 4.95. The van der Waals surface area contributed by atoms with Gasteiger partial charge >= 0.3 is 5.97 Å². The molecule has 6 nitrogen and oxygen atoms in total. The van der Waals surface area contributed by atoms with Gasteiger partial charge in [-0.3, -0.25) is 4.90 Å². The maximum atomic E-state index is 12.4. The van der Waals surface area contributed by atoms with Crippen LogP contribution in [-0.2, 0) is 14.3 Å². The smallest absolute Gasteiger partial charge is 0.341 e. The summed E-state index contributed by atoms with van der Waals surface area (Å²) in [7, 11) is 1.46. The fourth-order valence-electron chi connectivity index (χ4n) is 3.31. The van der Waals surface area contributed by atoms with E-state index >= 15 is 0 Å². The molecule has 0 bridgehead atoms. The van der Waals surface area contributed by atoms with Crippen LogP contribution in [0.5, 0.6) is 0 Å². The molecule has 0 aliphatic carbocycles. The Hall–Kier alpha value is -0.950. The molecule has 0 spiro atoms. The van der Waals surface area contributed by atoms with Gasteiger partial charge in [0.2, 0.25) is 0 Å². The third-order valence-corrected chi connectivity index (χ3v) is 4.95. The van der Waals surface area contributed by atoms with E-state index in [1.165, 1.54) is 7.11 Å². The second-order valence-corrected chi connectivity index (χ2v) is 6.57. The van der Waals surface area contributed by atoms with E-state index in [9.17, 15) is 15.0 Å². The highest BCUT2D eigenvalue weighted by Gasteiger charge is 2.47. The number of rotatable bonds is 6. The lowest BCUT2D eigenvalue weighted by Crippen LogP contribution is -2.54. The first kappa shape index (κ1) is 17.4. The first-order valence-electron chi connectivity index (χ1n) is 7.84. The van der Waals surface area contributed by atoms with Crippen molar-refractivity contribution >= 4 is 5.97 Å². The molecule has 0 aromatic heterocycles. The van der Waals surface area contributed by atoms with E-state index in [0.29, 0.717) is 13.0 Å². The lowest BCUT2D eigenvalue weighted by Gasteiger charge is -2.34. The van der Waals surface area contributed by atoms with Gasteiger partial charge in [0.05, 0.1) is 12.2 Å². The van der Waals surface area contributed by atoms with Crippen LogP contribution < -0.4 is 0 Å². The average Bonchev–Trinajstić information content (AvgIpc) is 3.01. The maximum Gasteiger partial charge on any atom is 0.341 e. The van der Waals surface area contributed by atoms with Gasteiger partial charge in [-0.05, 0) is 24.8 Å². The van der Waals surface area contributed by atoms with Crippen LogP contribution in [0.1, 0.15) is 27.2 Å². The molecule has 4 unspecified atom stereocenters. The van der Waals surface area contributed by atoms with Crippen molar-refractivity contribution < 1.29 is 24.5 Å². The van der Waals surface area contributed by atoms with E-state index in [1.54, 1.807) is 20.8 Å². The summed E-state index contributed by atoms with van der Waals surface area (Å²) < 4.78 is 10.5. The van der Waals surface area contributed by atoms with E-state index in [4.69, 9.17) is 9.47 Å². The van der Waals surface area contributed by atoms with Crippen molar-refractivity contribution in [2.24, 2.45) is 5.92 Å². The molecule has 2 aliphatic rings. The number of carbonyl (C=O) groups is 1. The van der Waals surface area contributed by atoms with E-state index in [1.807, 2.05) is 6.08 Å². The number of esters is 1. The topological polar surface area (TPSA) is 79.2 Å². The van der Waals surface area contributed by atoms with E-state index in [0.717, 1.165) is 12.1 Å². The summed E-state index contributed by atoms with van der Waals surface area (Å²) in [6, 6.07) is 0.148. The largest absolute Gasteiger partial charge is 0.459 e. The van der Waals surface area contributed by atoms with Crippen LogP contribution in [0.15, 0.2) is 11.6 Å². The molecule has 6 heteroatoms. The van der Waals surface area contributed by atoms with Crippen LogP contribution in [-0.4, -0.2) is 71.7 Å². The standard InChI is InChI=1S/C16H27NO5/c1-10(2)16(20,11(3)21-4)15(19)22-9-12-5-6-17-8-13(18)7-14(12)17/h5,10-11,13-14,18,20H,6-9H2,1-4H3. The summed E-state index contributed by atoms with van der Waals surface area (Å²) in [5, 5.41) is 20.4. The molecule has 2 N–H and O–H groups in total. The predicted octanol–water partition coefficient (Wildman–Crippen LogP) is 0.327. The molecule has 0 amide bonds. The molecular formula is C16H27NO5. The molecule has 2 rings (SSSR count). The van der Waals surface area contributed by atoms with Gasteiger partial charge in [-0.1, -0.05) is 19.9 Å². The number of hydrogen-bond acceptors (Lipinski definition) is 6. The van der Waals surface area contributed by atoms with Gasteiger partial charge in [0.25, 0.3) is 0 Å². The van der Waals surface area contributed by atoms with Crippen LogP contribution >= 0.6 is 0 Å². The Kier molecular flexibility index (Phi) is 5.27. The molecule has 2 aliphatic heterocycles. The highest BCUT2D eigenvalue weighted by Crippen LogP contribution is 2.30. The Bertz CT molecular complexity index is 450. The Labute approximate surface area is 131 Å². The number of carbonyl (C=O) groups excluding carboxylic acids is 1. The summed E-state index contributed by atoms with van der Waals surface area (Å²) in [6.07, 6.45) is 1.75. The zero-order valence-corrected chi connectivity index (χ0v) is 13.8. The fourth-order valence-corrected chi connectivity index (χ4v) is 3.31. The number of ether oxygens (including phenoxy) is 2. The average molecular weight is 313 g/mol. The molecule has 4 atom stereocenters. The van der Waals surface area contributed by atoms with Gasteiger partial charge in [0.1, 0.15) is 6.61 Å². The second-order valence-electron chi connectivity index (χ2n) is 6.57. The molecule has 126 valence electrons. The van der Waals surface area contributed by atoms with E-state index < -0.39 is 17.7 Å². The molecule has 1 fully saturated rings. The number of fused-ring (bicyclic) bond motifs is 1. The molecule has 0 radical (unpaired) electrons. The Morgan fingerprint density at radius 3 is 2.77 bits per heavy atom. The van der Waals surface area contributed by atoms with Crippen molar-refractivity contribution in [3.05, 3.63) is 11.6 Å². The van der Waals surface area contributed by atoms with E-state index in [-0.39, 0.29) is 24.7 Å². The van der Waals surface area contributed by atoms with Gasteiger partial charge in [0, 0.05) is 26.2 Å². The monoisotopic (exact) mass is 313 g/mol. The summed E-state index contributed by atoms with van der Waals surface area (Å²) in [4.78, 5) is 14.5. The lowest BCUT2D eigenvalue weighted by molar-refractivity contribution is -0.186. The number of aliphatic hydroxyl groups excluding tert-OH is 1. The normalized spacial score (nSPS) is 29.1. The van der Waals surface area contributed by atoms with Crippen molar-refractivity contribution in [3.8, 4) is 0 Å². The zero-order chi connectivity index (χ0) is 16.5. The van der Waals surface area contributed by atoms with Crippen molar-refractivity contribution in [2.45, 2.75) is 51.0 Å². The number of nitrogens with zero attached hydrogens (tertiary/aromatic N) is 1. The maximum absolute atomic E-state index is 12.4. The highest BCUT2D eigenvalue weighted by molar-refractivity contribution is 5.80. The molecule has 0 aromatic carbocycles. The molecule has 0 aromatic rings. The van der Waals surface area contributed by atoms with Gasteiger partial charge < -0.3 is 19.7 Å². The fraction of sp³-hybridized carbons (Fsp3) is 0.812. The minimum atomic E-state index is -1.66. The molecule has 0 saturated carbocycles. The first-order valence-corrected chi connectivity index (χ1v) is 7.84. The van der Waals surface area contributed by atoms with Gasteiger partial charge in [0.15, 0.2) is 5.60 Å². The second kappa shape index (κ2) is 6.66. The van der Waals surface area contributed by atoms with Gasteiger partial charge in [-0.2, -0.15) is 0 Å². The molecular weight excluding hydrogens is 286 g/mol. The lowest BCUT2D eigenvalue weighted by atomic mass is 9.85. The minimum Gasteiger partial charge on any atom is -0.459 e. The number of aliphatic hydroxyl groups is 2. The Balaban J connectivity index is 1.97. The Morgan fingerprint density at radius 2 is 2.18 bits per heavy atom. The molecule has 1 saturated heterocycles. The van der Waals surface area contributed by atoms with Crippen molar-refractivity contribution in [2.75, 3.05) is 26.8 Å². The third kappa shape index (κ3) is 3.06. The summed E-state index contributed by atoms with van der Waals surface area (Å²) >= 11 is 0. The summed E-state index contributed by atoms with van der Waals surface area (Å²) in [5.74, 6) is -0.980. The van der Waals surface area contributed by atoms with Crippen LogP contribution in [0.4, 0.5) is 0 Å². The van der Waals surface area contributed by atoms with Crippen molar-refractivity contribution in [1.29, 1.82) is 0 Å². The van der Waals surface area contributed by atoms with E-state index in [2.05, 4.69) is 4.90 Å². The van der Waals surface area contributed by atoms with Crippen LogP contribution in [0.25, 0.3) is 0 Å². The van der Waals surface area contributed by atoms with Gasteiger partial charge in [-0.25, -0.2) is 4.79 Å². The summed E-state index contributed by atoms with van der Waals surface area (Å²) in [5.41, 5.74) is -0.663. The van der Waals surface area contributed by atoms with Crippen LogP contribution in [0.2, 0.25) is 0 Å². The molecule has 2 heterocycles. The minimum absolute atomic E-state index is 0.148. The van der Waals surface area contributed by atoms with Gasteiger partial charge in [-0.15, -0.1) is 0 Å². The zero-order valence-electron chi connectivity index (χ0n) is 13.8. The van der Waals surface area contributed by atoms with Crippen LogP contribution in [0.3, 0.4) is 0 Å². The Morgan fingerprint density at radius 1 is 1.50 bits per heavy atom. The highest BCUT2D eigenvalue weighted by atomic mass is 16.6. The molecule has 22 heavy (non-hydrogen) atoms. The predicted molar refractivity (Wildman–Crippen MR) is 81.3 cm³/mol. The van der Waals surface area contributed by atoms with Crippen molar-refractivity contribution in [1.82, 2.24) is 4.90 Å². The number of methoxy groups -OCH3 is 1. The first-order chi connectivity index (χ1) is 10.3.